The molecule has 1 aromatic carbocycles. The fraction of sp³-hybridized carbons (Fsp3) is 0.617. The van der Waals surface area contributed by atoms with E-state index in [0.717, 1.165) is 45.3 Å². The van der Waals surface area contributed by atoms with E-state index in [1.165, 1.54) is 27.7 Å². The number of fused-ring (bicyclic) bond motifs is 1. The summed E-state index contributed by atoms with van der Waals surface area (Å²) >= 11 is 0. The number of amides is 2. The topological polar surface area (TPSA) is 293 Å². The quantitative estimate of drug-likeness (QED) is 0.00853. The minimum absolute atomic E-state index is 0.0649. The summed E-state index contributed by atoms with van der Waals surface area (Å²) < 4.78 is 31.3. The molecule has 0 bridgehead atoms. The molecule has 2 heterocycles. The van der Waals surface area contributed by atoms with Crippen LogP contribution in [0.5, 0.6) is 5.75 Å². The van der Waals surface area contributed by atoms with Gasteiger partial charge in [-0.1, -0.05) is 58.6 Å². The number of hydrogen-bond donors (Lipinski definition) is 5. The smallest absolute Gasteiger partial charge is 0.354 e. The first-order valence-electron chi connectivity index (χ1n) is 28.7. The summed E-state index contributed by atoms with van der Waals surface area (Å²) in [4.78, 5) is 119. The largest absolute Gasteiger partial charge is 0.462 e. The highest BCUT2D eigenvalue weighted by Crippen LogP contribution is 2.41. The van der Waals surface area contributed by atoms with Gasteiger partial charge in [-0.25, -0.2) is 14.4 Å². The molecule has 1 fully saturated rings. The van der Waals surface area contributed by atoms with E-state index in [4.69, 9.17) is 28.4 Å². The number of carbonyl (C=O) groups is 9. The molecule has 4 rings (SSSR count). The minimum Gasteiger partial charge on any atom is -0.462 e. The third-order valence-corrected chi connectivity index (χ3v) is 14.6. The van der Waals surface area contributed by atoms with Gasteiger partial charge in [-0.3, -0.25) is 28.8 Å². The fourth-order valence-corrected chi connectivity index (χ4v) is 9.94. The molecule has 3 unspecified atom stereocenters. The van der Waals surface area contributed by atoms with Gasteiger partial charge in [-0.15, -0.1) is 0 Å². The second-order valence-corrected chi connectivity index (χ2v) is 20.9. The number of aromatic amines is 1. The molecule has 1 aromatic heterocycles. The van der Waals surface area contributed by atoms with Gasteiger partial charge in [-0.05, 0) is 135 Å². The van der Waals surface area contributed by atoms with E-state index in [1.54, 1.807) is 38.1 Å². The lowest BCUT2D eigenvalue weighted by atomic mass is 9.85. The second kappa shape index (κ2) is 33.9. The Kier molecular flexibility index (Phi) is 28.0. The summed E-state index contributed by atoms with van der Waals surface area (Å²) in [5.41, 5.74) is 3.76. The monoisotopic (exact) mass is 1130 g/mol. The number of nitrogens with zero attached hydrogens (tertiary/aromatic N) is 1. The van der Waals surface area contributed by atoms with Crippen molar-refractivity contribution in [2.24, 2.45) is 11.8 Å². The molecule has 448 valence electrons. The van der Waals surface area contributed by atoms with Gasteiger partial charge in [0.25, 0.3) is 11.8 Å². The second-order valence-electron chi connectivity index (χ2n) is 20.9. The molecular weight excluding hydrogens is 1050 g/mol. The molecule has 5 N–H and O–H groups in total. The Hall–Kier alpha value is -6.71. The number of unbranched alkanes of at least 4 members (excludes halogenated alkanes) is 5. The zero-order valence-electron chi connectivity index (χ0n) is 48.7. The third-order valence-electron chi connectivity index (χ3n) is 14.6. The van der Waals surface area contributed by atoms with E-state index in [-0.39, 0.29) is 61.5 Å². The Balaban J connectivity index is 1.12. The molecule has 0 spiro atoms. The first kappa shape index (κ1) is 66.8. The van der Waals surface area contributed by atoms with Crippen molar-refractivity contribution in [2.45, 2.75) is 202 Å². The third kappa shape index (κ3) is 21.6. The maximum atomic E-state index is 13.1. The van der Waals surface area contributed by atoms with Crippen LogP contribution in [0.4, 0.5) is 5.69 Å². The Morgan fingerprint density at radius 3 is 2.11 bits per heavy atom. The van der Waals surface area contributed by atoms with Gasteiger partial charge >= 0.3 is 41.8 Å². The fourth-order valence-electron chi connectivity index (χ4n) is 9.94. The maximum absolute atomic E-state index is 13.1. The number of allylic oxidation sites excluding steroid dienone is 2. The lowest BCUT2D eigenvalue weighted by molar-refractivity contribution is -0.183. The number of likely N-dealkylation sites (N-methyl/N-ethyl adjacent to an activating group) is 1. The van der Waals surface area contributed by atoms with Crippen molar-refractivity contribution in [1.82, 2.24) is 15.2 Å². The molecule has 1 aliphatic carbocycles. The predicted molar refractivity (Wildman–Crippen MR) is 300 cm³/mol. The Bertz CT molecular complexity index is 2550. The van der Waals surface area contributed by atoms with E-state index in [2.05, 4.69) is 41.3 Å². The highest BCUT2D eigenvalue weighted by Gasteiger charge is 2.43. The van der Waals surface area contributed by atoms with Gasteiger partial charge in [0, 0.05) is 74.3 Å². The van der Waals surface area contributed by atoms with E-state index in [0.29, 0.717) is 90.8 Å². The molecule has 21 heteroatoms. The number of H-pyrrole nitrogens is 1. The zero-order chi connectivity index (χ0) is 59.8. The zero-order valence-corrected chi connectivity index (χ0v) is 48.7. The standard InChI is InChI=1S/C60H86N4O17/c1-10-13-14-17-22-42(66)27-29-44-45(51(35-50(44)67)79-41(9)65)23-18-15-16-19-24-54(70)81-60(75)40(8)78-59(74)39(7)77-58(73)38(6)76-52(68)25-20-21-26-53(69)80-43-28-30-48-46(33-43)47(56(71)63-48)34-49-36(4)55(37(5)62-49)57(72)61-31-32-64(11-2)12-3/h15,18,28,30,33-34,38-40,42,44-45,50-51,62,66-67H,10-14,16-17,19-27,29,31-32,35H2,1-9H3,(H,61,72)(H,63,71)/b18-15-,47-34-/t38?,39?,40?,42-,44+,45+,50+,51-/m1/s1. The molecule has 2 amide bonds. The summed E-state index contributed by atoms with van der Waals surface area (Å²) in [6.07, 6.45) is 7.19. The highest BCUT2D eigenvalue weighted by molar-refractivity contribution is 6.35. The number of benzene rings is 1. The van der Waals surface area contributed by atoms with Crippen LogP contribution < -0.4 is 15.4 Å². The van der Waals surface area contributed by atoms with Crippen molar-refractivity contribution in [3.8, 4) is 5.75 Å². The van der Waals surface area contributed by atoms with Gasteiger partial charge in [0.2, 0.25) is 0 Å². The van der Waals surface area contributed by atoms with E-state index >= 15 is 0 Å². The average Bonchev–Trinajstić information content (AvgIpc) is 4.20. The van der Waals surface area contributed by atoms with Crippen LogP contribution in [-0.2, 0) is 62.0 Å². The molecule has 8 atom stereocenters. The van der Waals surface area contributed by atoms with Gasteiger partial charge in [-0.2, -0.15) is 0 Å². The normalized spacial score (nSPS) is 18.6. The number of nitrogens with one attached hydrogen (secondary N) is 3. The number of aliphatic hydroxyl groups is 2. The van der Waals surface area contributed by atoms with Crippen molar-refractivity contribution in [3.63, 3.8) is 0 Å². The molecular formula is C60H86N4O17. The van der Waals surface area contributed by atoms with Crippen molar-refractivity contribution >= 4 is 70.9 Å². The first-order chi connectivity index (χ1) is 38.6. The lowest BCUT2D eigenvalue weighted by Gasteiger charge is -2.25. The van der Waals surface area contributed by atoms with Crippen LogP contribution in [0.1, 0.15) is 184 Å². The number of aromatic nitrogens is 1. The van der Waals surface area contributed by atoms with E-state index in [1.807, 2.05) is 12.2 Å². The summed E-state index contributed by atoms with van der Waals surface area (Å²) in [5.74, 6) is -6.64. The van der Waals surface area contributed by atoms with E-state index in [9.17, 15) is 53.4 Å². The van der Waals surface area contributed by atoms with Gasteiger partial charge in [0.05, 0.1) is 23.3 Å². The number of esters is 7. The number of hydrogen-bond acceptors (Lipinski definition) is 18. The van der Waals surface area contributed by atoms with Crippen LogP contribution >= 0.6 is 0 Å². The highest BCUT2D eigenvalue weighted by atomic mass is 16.6. The first-order valence-corrected chi connectivity index (χ1v) is 28.7. The Morgan fingerprint density at radius 1 is 0.790 bits per heavy atom. The number of anilines is 1. The van der Waals surface area contributed by atoms with Crippen molar-refractivity contribution in [2.75, 3.05) is 31.5 Å². The molecule has 81 heavy (non-hydrogen) atoms. The maximum Gasteiger partial charge on any atom is 0.354 e. The number of carbonyl (C=O) groups excluding carboxylic acids is 9. The molecule has 1 aliphatic heterocycles. The van der Waals surface area contributed by atoms with Crippen molar-refractivity contribution in [3.05, 3.63) is 58.4 Å². The number of aryl methyl sites for hydroxylation is 1. The van der Waals surface area contributed by atoms with Crippen LogP contribution in [0.25, 0.3) is 11.6 Å². The lowest BCUT2D eigenvalue weighted by Crippen LogP contribution is -2.36. The van der Waals surface area contributed by atoms with Crippen LogP contribution in [0, 0.1) is 25.7 Å². The number of aliphatic hydroxyl groups excluding tert-OH is 2. The Labute approximate surface area is 475 Å². The SMILES string of the molecule is CCCCCC[C@@H](O)CC[C@H]1[C@H](C/C=C\CCCC(=O)OC(=O)C(C)OC(=O)C(C)OC(=O)C(C)OC(=O)CCCCC(=O)Oc2ccc3c(c2)/C(=C/c2[nH]c(C)c(C(=O)NCCN(CC)CC)c2C)C(=O)N3)[C@H](OC(C)=O)C[C@@H]1O. The van der Waals surface area contributed by atoms with Crippen LogP contribution in [0.2, 0.25) is 0 Å². The summed E-state index contributed by atoms with van der Waals surface area (Å²) in [6.45, 7) is 17.8. The van der Waals surface area contributed by atoms with E-state index < -0.39 is 78.4 Å². The Morgan fingerprint density at radius 2 is 1.44 bits per heavy atom. The number of rotatable bonds is 34. The minimum atomic E-state index is -1.53. The molecule has 1 saturated carbocycles. The predicted octanol–water partition coefficient (Wildman–Crippen LogP) is 7.68. The van der Waals surface area contributed by atoms with Gasteiger partial charge in [0.1, 0.15) is 11.9 Å². The average molecular weight is 1140 g/mol. The van der Waals surface area contributed by atoms with Crippen LogP contribution in [0.3, 0.4) is 0 Å². The summed E-state index contributed by atoms with van der Waals surface area (Å²) in [5, 5.41) is 27.2. The number of ether oxygens (including phenoxy) is 6. The van der Waals surface area contributed by atoms with Crippen LogP contribution in [0.15, 0.2) is 30.4 Å². The van der Waals surface area contributed by atoms with Gasteiger partial charge < -0.3 is 59.2 Å². The molecule has 2 aromatic rings. The summed E-state index contributed by atoms with van der Waals surface area (Å²) in [7, 11) is 0. The van der Waals surface area contributed by atoms with Crippen LogP contribution in [-0.4, -0.2) is 136 Å². The molecule has 0 radical (unpaired) electrons. The van der Waals surface area contributed by atoms with Gasteiger partial charge in [0.15, 0.2) is 18.3 Å². The van der Waals surface area contributed by atoms with Crippen molar-refractivity contribution in [1.29, 1.82) is 0 Å². The summed E-state index contributed by atoms with van der Waals surface area (Å²) in [6, 6.07) is 4.73. The molecule has 21 nitrogen and oxygen atoms in total. The van der Waals surface area contributed by atoms with Crippen molar-refractivity contribution < 1.29 is 81.8 Å². The molecule has 2 aliphatic rings. The molecule has 0 saturated heterocycles.